The second-order valence-electron chi connectivity index (χ2n) is 5.44. The first kappa shape index (κ1) is 22.8. The van der Waals surface area contributed by atoms with Crippen LogP contribution in [0.4, 0.5) is 5.69 Å². The molecule has 2 rings (SSSR count). The number of halogens is 1. The van der Waals surface area contributed by atoms with E-state index in [1.165, 1.54) is 0 Å². The molecule has 2 N–H and O–H groups in total. The molecule has 0 fully saturated rings. The van der Waals surface area contributed by atoms with Crippen molar-refractivity contribution < 1.29 is 14.2 Å². The van der Waals surface area contributed by atoms with Crippen LogP contribution in [0.15, 0.2) is 41.5 Å². The van der Waals surface area contributed by atoms with Gasteiger partial charge in [0, 0.05) is 37.1 Å². The molecule has 148 valence electrons. The molecule has 8 heteroatoms. The summed E-state index contributed by atoms with van der Waals surface area (Å²) in [6, 6.07) is 9.46. The summed E-state index contributed by atoms with van der Waals surface area (Å²) >= 11 is 0. The van der Waals surface area contributed by atoms with Gasteiger partial charge in [0.25, 0.3) is 0 Å². The third-order valence-corrected chi connectivity index (χ3v) is 3.61. The number of nitrogens with zero attached hydrogens (tertiary/aromatic N) is 2. The van der Waals surface area contributed by atoms with Crippen molar-refractivity contribution in [3.63, 3.8) is 0 Å². The van der Waals surface area contributed by atoms with E-state index in [1.807, 2.05) is 30.3 Å². The van der Waals surface area contributed by atoms with Gasteiger partial charge in [-0.3, -0.25) is 4.99 Å². The van der Waals surface area contributed by atoms with Crippen molar-refractivity contribution in [2.45, 2.75) is 19.9 Å². The maximum Gasteiger partial charge on any atom is 0.218 e. The van der Waals surface area contributed by atoms with E-state index in [0.29, 0.717) is 36.5 Å². The fourth-order valence-corrected chi connectivity index (χ4v) is 2.30. The summed E-state index contributed by atoms with van der Waals surface area (Å²) in [5, 5.41) is 6.49. The first-order valence-corrected chi connectivity index (χ1v) is 8.48. The summed E-state index contributed by atoms with van der Waals surface area (Å²) in [5.41, 5.74) is 1.81. The van der Waals surface area contributed by atoms with Crippen LogP contribution in [0.25, 0.3) is 0 Å². The van der Waals surface area contributed by atoms with Gasteiger partial charge in [0.2, 0.25) is 5.88 Å². The molecular formula is C19H27IN4O3. The van der Waals surface area contributed by atoms with Gasteiger partial charge in [0.15, 0.2) is 17.5 Å². The number of methoxy groups -OCH3 is 2. The molecule has 27 heavy (non-hydrogen) atoms. The third-order valence-electron chi connectivity index (χ3n) is 3.61. The van der Waals surface area contributed by atoms with Crippen molar-refractivity contribution in [1.82, 2.24) is 10.3 Å². The number of anilines is 1. The van der Waals surface area contributed by atoms with Crippen LogP contribution in [0.3, 0.4) is 0 Å². The third kappa shape index (κ3) is 6.78. The Morgan fingerprint density at radius 2 is 1.93 bits per heavy atom. The first-order valence-electron chi connectivity index (χ1n) is 8.48. The zero-order valence-electron chi connectivity index (χ0n) is 16.1. The van der Waals surface area contributed by atoms with Crippen LogP contribution in [0, 0.1) is 0 Å². The number of guanidine groups is 1. The highest BCUT2D eigenvalue weighted by Crippen LogP contribution is 2.29. The minimum Gasteiger partial charge on any atom is -0.493 e. The summed E-state index contributed by atoms with van der Waals surface area (Å²) in [7, 11) is 4.93. The summed E-state index contributed by atoms with van der Waals surface area (Å²) in [6.45, 7) is 3.25. The highest BCUT2D eigenvalue weighted by Gasteiger charge is 2.08. The summed E-state index contributed by atoms with van der Waals surface area (Å²) in [4.78, 5) is 8.54. The average Bonchev–Trinajstić information content (AvgIpc) is 2.69. The fourth-order valence-electron chi connectivity index (χ4n) is 2.30. The van der Waals surface area contributed by atoms with Crippen LogP contribution < -0.4 is 24.8 Å². The maximum absolute atomic E-state index is 5.68. The molecule has 0 atom stereocenters. The largest absolute Gasteiger partial charge is 0.493 e. The van der Waals surface area contributed by atoms with Crippen LogP contribution in [-0.4, -0.2) is 38.8 Å². The quantitative estimate of drug-likeness (QED) is 0.337. The molecule has 1 heterocycles. The van der Waals surface area contributed by atoms with Gasteiger partial charge < -0.3 is 24.8 Å². The van der Waals surface area contributed by atoms with E-state index in [4.69, 9.17) is 14.2 Å². The van der Waals surface area contributed by atoms with E-state index in [0.717, 1.165) is 17.7 Å². The van der Waals surface area contributed by atoms with Gasteiger partial charge in [0.05, 0.1) is 20.8 Å². The average molecular weight is 486 g/mol. The molecule has 0 saturated heterocycles. The molecule has 1 aromatic heterocycles. The lowest BCUT2D eigenvalue weighted by molar-refractivity contribution is 0.301. The smallest absolute Gasteiger partial charge is 0.218 e. The Morgan fingerprint density at radius 3 is 2.59 bits per heavy atom. The number of ether oxygens (including phenoxy) is 3. The van der Waals surface area contributed by atoms with Gasteiger partial charge in [-0.2, -0.15) is 0 Å². The Bertz CT molecular complexity index is 741. The Kier molecular flexibility index (Phi) is 10.3. The van der Waals surface area contributed by atoms with Gasteiger partial charge in [-0.25, -0.2) is 4.98 Å². The van der Waals surface area contributed by atoms with E-state index in [9.17, 15) is 0 Å². The first-order chi connectivity index (χ1) is 12.7. The molecule has 0 saturated carbocycles. The molecule has 0 aliphatic carbocycles. The number of benzene rings is 1. The molecule has 0 radical (unpaired) electrons. The Morgan fingerprint density at radius 1 is 1.15 bits per heavy atom. The lowest BCUT2D eigenvalue weighted by Gasteiger charge is -2.15. The second-order valence-corrected chi connectivity index (χ2v) is 5.44. The van der Waals surface area contributed by atoms with Crippen molar-refractivity contribution in [2.75, 3.05) is 33.2 Å². The standard InChI is InChI=1S/C19H26N4O3.HI/c1-5-11-26-18-14(7-6-10-21-18)13-22-19(20-2)23-15-8-9-16(24-3)17(12-15)25-4;/h6-10,12H,5,11,13H2,1-4H3,(H2,20,22,23);1H. The van der Waals surface area contributed by atoms with Crippen molar-refractivity contribution >= 4 is 35.6 Å². The van der Waals surface area contributed by atoms with Crippen molar-refractivity contribution in [3.05, 3.63) is 42.1 Å². The predicted molar refractivity (Wildman–Crippen MR) is 119 cm³/mol. The van der Waals surface area contributed by atoms with Crippen molar-refractivity contribution in [3.8, 4) is 17.4 Å². The fraction of sp³-hybridized carbons (Fsp3) is 0.368. The maximum atomic E-state index is 5.68. The van der Waals surface area contributed by atoms with Crippen LogP contribution in [0.5, 0.6) is 17.4 Å². The number of aliphatic imine (C=N–C) groups is 1. The van der Waals surface area contributed by atoms with Crippen molar-refractivity contribution in [2.24, 2.45) is 4.99 Å². The monoisotopic (exact) mass is 486 g/mol. The highest BCUT2D eigenvalue weighted by atomic mass is 127. The topological polar surface area (TPSA) is 77.0 Å². The summed E-state index contributed by atoms with van der Waals surface area (Å²) in [6.07, 6.45) is 2.66. The molecule has 2 aromatic rings. The minimum atomic E-state index is 0. The van der Waals surface area contributed by atoms with Crippen molar-refractivity contribution in [1.29, 1.82) is 0 Å². The summed E-state index contributed by atoms with van der Waals surface area (Å²) in [5.74, 6) is 2.59. The number of rotatable bonds is 8. The molecule has 0 amide bonds. The molecule has 0 aliphatic rings. The molecule has 0 unspecified atom stereocenters. The number of nitrogens with one attached hydrogen (secondary N) is 2. The Balaban J connectivity index is 0.00000364. The number of hydrogen-bond acceptors (Lipinski definition) is 5. The Labute approximate surface area is 177 Å². The Hall–Kier alpha value is -2.23. The molecular weight excluding hydrogens is 459 g/mol. The molecule has 1 aromatic carbocycles. The lowest BCUT2D eigenvalue weighted by Crippen LogP contribution is -2.30. The van der Waals surface area contributed by atoms with Gasteiger partial charge >= 0.3 is 0 Å². The van der Waals surface area contributed by atoms with Gasteiger partial charge in [0.1, 0.15) is 0 Å². The van der Waals surface area contributed by atoms with E-state index in [-0.39, 0.29) is 24.0 Å². The second kappa shape index (κ2) is 12.2. The van der Waals surface area contributed by atoms with Gasteiger partial charge in [-0.1, -0.05) is 13.0 Å². The van der Waals surface area contributed by atoms with Crippen LogP contribution in [0.1, 0.15) is 18.9 Å². The predicted octanol–water partition coefficient (Wildman–Crippen LogP) is 3.69. The molecule has 0 bridgehead atoms. The number of aromatic nitrogens is 1. The van der Waals surface area contributed by atoms with Gasteiger partial charge in [-0.15, -0.1) is 24.0 Å². The van der Waals surface area contributed by atoms with Crippen LogP contribution in [-0.2, 0) is 6.54 Å². The van der Waals surface area contributed by atoms with E-state index in [1.54, 1.807) is 27.5 Å². The zero-order chi connectivity index (χ0) is 18.8. The lowest BCUT2D eigenvalue weighted by atomic mass is 10.2. The molecule has 0 spiro atoms. The van der Waals surface area contributed by atoms with E-state index < -0.39 is 0 Å². The van der Waals surface area contributed by atoms with Crippen LogP contribution >= 0.6 is 24.0 Å². The number of pyridine rings is 1. The zero-order valence-corrected chi connectivity index (χ0v) is 18.4. The van der Waals surface area contributed by atoms with E-state index >= 15 is 0 Å². The minimum absolute atomic E-state index is 0. The molecule has 0 aliphatic heterocycles. The highest BCUT2D eigenvalue weighted by molar-refractivity contribution is 14.0. The SMILES string of the molecule is CCCOc1ncccc1CNC(=NC)Nc1ccc(OC)c(OC)c1.I. The number of hydrogen-bond donors (Lipinski definition) is 2. The van der Waals surface area contributed by atoms with Gasteiger partial charge in [-0.05, 0) is 24.6 Å². The molecule has 7 nitrogen and oxygen atoms in total. The van der Waals surface area contributed by atoms with E-state index in [2.05, 4.69) is 27.5 Å². The van der Waals surface area contributed by atoms with Crippen LogP contribution in [0.2, 0.25) is 0 Å². The summed E-state index contributed by atoms with van der Waals surface area (Å²) < 4.78 is 16.3. The normalized spacial score (nSPS) is 10.6.